The highest BCUT2D eigenvalue weighted by Gasteiger charge is 2.44. The van der Waals surface area contributed by atoms with Gasteiger partial charge in [-0.15, -0.1) is 0 Å². The Morgan fingerprint density at radius 1 is 1.04 bits per heavy atom. The molecule has 4 nitrogen and oxygen atoms in total. The largest absolute Gasteiger partial charge is 0.418 e. The molecule has 0 spiro atoms. The van der Waals surface area contributed by atoms with E-state index in [2.05, 4.69) is 5.32 Å². The number of carbonyl (C=O) groups is 2. The molecule has 1 aliphatic heterocycles. The van der Waals surface area contributed by atoms with Crippen molar-refractivity contribution in [3.8, 4) is 0 Å². The summed E-state index contributed by atoms with van der Waals surface area (Å²) >= 11 is 0. The van der Waals surface area contributed by atoms with Crippen molar-refractivity contribution >= 4 is 23.2 Å². The van der Waals surface area contributed by atoms with Crippen molar-refractivity contribution in [3.63, 3.8) is 0 Å². The van der Waals surface area contributed by atoms with Crippen LogP contribution in [0.15, 0.2) is 48.5 Å². The van der Waals surface area contributed by atoms with E-state index >= 15 is 0 Å². The Labute approximate surface area is 142 Å². The fourth-order valence-corrected chi connectivity index (χ4v) is 2.76. The Morgan fingerprint density at radius 2 is 1.68 bits per heavy atom. The van der Waals surface area contributed by atoms with Gasteiger partial charge in [-0.3, -0.25) is 9.59 Å². The Morgan fingerprint density at radius 3 is 2.32 bits per heavy atom. The molecule has 2 aromatic rings. The molecule has 2 aromatic carbocycles. The quantitative estimate of drug-likeness (QED) is 0.860. The van der Waals surface area contributed by atoms with Crippen LogP contribution in [0, 0.1) is 6.92 Å². The minimum absolute atomic E-state index is 0.196. The fraction of sp³-hybridized carbons (Fsp3) is 0.222. The van der Waals surface area contributed by atoms with Crippen molar-refractivity contribution in [3.05, 3.63) is 59.7 Å². The number of halogens is 3. The normalized spacial score (nSPS) is 17.9. The van der Waals surface area contributed by atoms with Crippen LogP contribution in [-0.4, -0.2) is 17.9 Å². The average molecular weight is 348 g/mol. The average Bonchev–Trinajstić information content (AvgIpc) is 2.83. The lowest BCUT2D eigenvalue weighted by Gasteiger charge is -2.20. The molecule has 3 rings (SSSR count). The number of carbonyl (C=O) groups excluding carboxylic acids is 2. The van der Waals surface area contributed by atoms with Crippen molar-refractivity contribution in [2.24, 2.45) is 0 Å². The Balaban J connectivity index is 1.89. The van der Waals surface area contributed by atoms with Crippen LogP contribution in [-0.2, 0) is 15.8 Å². The number of hydrogen-bond acceptors (Lipinski definition) is 3. The highest BCUT2D eigenvalue weighted by atomic mass is 19.4. The Kier molecular flexibility index (Phi) is 4.24. The van der Waals surface area contributed by atoms with Crippen LogP contribution in [0.1, 0.15) is 17.5 Å². The van der Waals surface area contributed by atoms with Gasteiger partial charge in [0.25, 0.3) is 5.91 Å². The molecule has 0 radical (unpaired) electrons. The number of rotatable bonds is 3. The van der Waals surface area contributed by atoms with Crippen molar-refractivity contribution in [1.29, 1.82) is 0 Å². The van der Waals surface area contributed by atoms with Crippen LogP contribution in [0.3, 0.4) is 0 Å². The zero-order valence-corrected chi connectivity index (χ0v) is 13.3. The van der Waals surface area contributed by atoms with E-state index in [1.165, 1.54) is 12.1 Å². The number of nitrogens with zero attached hydrogens (tertiary/aromatic N) is 1. The predicted molar refractivity (Wildman–Crippen MR) is 87.1 cm³/mol. The number of para-hydroxylation sites is 1. The number of imide groups is 1. The number of hydrogen-bond donors (Lipinski definition) is 1. The van der Waals surface area contributed by atoms with E-state index in [-0.39, 0.29) is 6.42 Å². The second-order valence-corrected chi connectivity index (χ2v) is 5.85. The number of anilines is 2. The maximum absolute atomic E-state index is 13.2. The molecule has 7 heteroatoms. The SMILES string of the molecule is Cc1ccc(NC2CC(=O)N(c3ccccc3C(F)(F)F)C2=O)cc1. The van der Waals surface area contributed by atoms with Crippen LogP contribution in [0.4, 0.5) is 24.5 Å². The van der Waals surface area contributed by atoms with E-state index in [1.807, 2.05) is 19.1 Å². The molecule has 2 amide bonds. The number of alkyl halides is 3. The molecule has 1 saturated heterocycles. The summed E-state index contributed by atoms with van der Waals surface area (Å²) in [5.41, 5.74) is 0.216. The maximum Gasteiger partial charge on any atom is 0.418 e. The summed E-state index contributed by atoms with van der Waals surface area (Å²) in [6.45, 7) is 1.91. The molecular formula is C18H15F3N2O2. The van der Waals surface area contributed by atoms with Gasteiger partial charge in [0.2, 0.25) is 5.91 Å². The highest BCUT2D eigenvalue weighted by Crippen LogP contribution is 2.38. The Hall–Kier alpha value is -2.83. The summed E-state index contributed by atoms with van der Waals surface area (Å²) in [7, 11) is 0. The first kappa shape index (κ1) is 17.0. The molecule has 1 unspecified atom stereocenters. The lowest BCUT2D eigenvalue weighted by atomic mass is 10.1. The first-order chi connectivity index (χ1) is 11.8. The minimum atomic E-state index is -4.65. The zero-order valence-electron chi connectivity index (χ0n) is 13.3. The van der Waals surface area contributed by atoms with Crippen LogP contribution in [0.5, 0.6) is 0 Å². The molecule has 1 N–H and O–H groups in total. The van der Waals surface area contributed by atoms with Gasteiger partial charge in [-0.05, 0) is 31.2 Å². The van der Waals surface area contributed by atoms with Gasteiger partial charge < -0.3 is 5.32 Å². The minimum Gasteiger partial charge on any atom is -0.373 e. The first-order valence-electron chi connectivity index (χ1n) is 7.63. The van der Waals surface area contributed by atoms with Crippen LogP contribution < -0.4 is 10.2 Å². The Bertz CT molecular complexity index is 816. The standard InChI is InChI=1S/C18H15F3N2O2/c1-11-6-8-12(9-7-11)22-14-10-16(24)23(17(14)25)15-5-3-2-4-13(15)18(19,20)21/h2-9,14,22H,10H2,1H3. The van der Waals surface area contributed by atoms with E-state index in [4.69, 9.17) is 0 Å². The van der Waals surface area contributed by atoms with Gasteiger partial charge in [0, 0.05) is 5.69 Å². The molecule has 1 aliphatic rings. The molecule has 0 aromatic heterocycles. The van der Waals surface area contributed by atoms with Gasteiger partial charge in [-0.25, -0.2) is 4.90 Å². The van der Waals surface area contributed by atoms with Crippen LogP contribution in [0.25, 0.3) is 0 Å². The van der Waals surface area contributed by atoms with Crippen molar-refractivity contribution in [2.45, 2.75) is 25.6 Å². The third kappa shape index (κ3) is 3.35. The monoisotopic (exact) mass is 348 g/mol. The van der Waals surface area contributed by atoms with E-state index < -0.39 is 35.3 Å². The lowest BCUT2D eigenvalue weighted by Crippen LogP contribution is -2.36. The number of amides is 2. The van der Waals surface area contributed by atoms with Crippen LogP contribution >= 0.6 is 0 Å². The van der Waals surface area contributed by atoms with Gasteiger partial charge in [0.1, 0.15) is 6.04 Å². The van der Waals surface area contributed by atoms with Crippen molar-refractivity contribution in [1.82, 2.24) is 0 Å². The summed E-state index contributed by atoms with van der Waals surface area (Å²) in [5, 5.41) is 2.91. The molecule has 25 heavy (non-hydrogen) atoms. The van der Waals surface area contributed by atoms with Gasteiger partial charge >= 0.3 is 6.18 Å². The summed E-state index contributed by atoms with van der Waals surface area (Å²) in [4.78, 5) is 25.4. The fourth-order valence-electron chi connectivity index (χ4n) is 2.76. The number of benzene rings is 2. The summed E-state index contributed by atoms with van der Waals surface area (Å²) < 4.78 is 39.5. The van der Waals surface area contributed by atoms with E-state index in [0.29, 0.717) is 10.6 Å². The molecular weight excluding hydrogens is 333 g/mol. The van der Waals surface area contributed by atoms with Crippen LogP contribution in [0.2, 0.25) is 0 Å². The summed E-state index contributed by atoms with van der Waals surface area (Å²) in [6.07, 6.45) is -4.85. The van der Waals surface area contributed by atoms with Crippen molar-refractivity contribution in [2.75, 3.05) is 10.2 Å². The topological polar surface area (TPSA) is 49.4 Å². The maximum atomic E-state index is 13.2. The predicted octanol–water partition coefficient (Wildman–Crippen LogP) is 3.76. The highest BCUT2D eigenvalue weighted by molar-refractivity contribution is 6.23. The van der Waals surface area contributed by atoms with E-state index in [9.17, 15) is 22.8 Å². The molecule has 130 valence electrons. The number of aryl methyl sites for hydroxylation is 1. The second kappa shape index (κ2) is 6.23. The molecule has 1 fully saturated rings. The first-order valence-corrected chi connectivity index (χ1v) is 7.63. The van der Waals surface area contributed by atoms with Gasteiger partial charge in [0.05, 0.1) is 17.7 Å². The van der Waals surface area contributed by atoms with Gasteiger partial charge in [-0.1, -0.05) is 29.8 Å². The van der Waals surface area contributed by atoms with Crippen molar-refractivity contribution < 1.29 is 22.8 Å². The third-order valence-electron chi connectivity index (χ3n) is 3.99. The molecule has 0 saturated carbocycles. The third-order valence-corrected chi connectivity index (χ3v) is 3.99. The zero-order chi connectivity index (χ0) is 18.2. The summed E-state index contributed by atoms with van der Waals surface area (Å²) in [5.74, 6) is -1.35. The molecule has 0 bridgehead atoms. The molecule has 1 heterocycles. The summed E-state index contributed by atoms with van der Waals surface area (Å²) in [6, 6.07) is 10.9. The molecule has 1 atom stereocenters. The van der Waals surface area contributed by atoms with E-state index in [0.717, 1.165) is 17.7 Å². The van der Waals surface area contributed by atoms with Gasteiger partial charge in [0.15, 0.2) is 0 Å². The second-order valence-electron chi connectivity index (χ2n) is 5.85. The van der Waals surface area contributed by atoms with Gasteiger partial charge in [-0.2, -0.15) is 13.2 Å². The number of nitrogens with one attached hydrogen (secondary N) is 1. The lowest BCUT2D eigenvalue weighted by molar-refractivity contribution is -0.137. The molecule has 0 aliphatic carbocycles. The smallest absolute Gasteiger partial charge is 0.373 e. The van der Waals surface area contributed by atoms with E-state index in [1.54, 1.807) is 12.1 Å².